The number of aromatic amines is 1. The Morgan fingerprint density at radius 3 is 2.42 bits per heavy atom. The first-order valence-electron chi connectivity index (χ1n) is 11.7. The van der Waals surface area contributed by atoms with Gasteiger partial charge in [-0.1, -0.05) is 32.9 Å². The number of rotatable bonds is 7. The fourth-order valence-electron chi connectivity index (χ4n) is 3.92. The highest BCUT2D eigenvalue weighted by Gasteiger charge is 2.23. The number of nitrogens with zero attached hydrogens (tertiary/aromatic N) is 3. The first kappa shape index (κ1) is 25.4. The number of carbonyl (C=O) groups excluding carboxylic acids is 1. The van der Waals surface area contributed by atoms with Crippen molar-refractivity contribution in [2.45, 2.75) is 59.9 Å². The van der Waals surface area contributed by atoms with Gasteiger partial charge >= 0.3 is 11.3 Å². The van der Waals surface area contributed by atoms with Gasteiger partial charge in [0.05, 0.1) is 11.7 Å². The van der Waals surface area contributed by atoms with Crippen molar-refractivity contribution in [1.82, 2.24) is 25.1 Å². The molecule has 0 saturated heterocycles. The zero-order chi connectivity index (χ0) is 26.2. The van der Waals surface area contributed by atoms with Crippen LogP contribution in [-0.2, 0) is 16.7 Å². The predicted molar refractivity (Wildman–Crippen MR) is 141 cm³/mol. The molecule has 0 aliphatic heterocycles. The van der Waals surface area contributed by atoms with E-state index in [2.05, 4.69) is 46.1 Å². The smallest absolute Gasteiger partial charge is 0.316 e. The maximum atomic E-state index is 13.2. The van der Waals surface area contributed by atoms with Gasteiger partial charge in [-0.3, -0.25) is 14.6 Å². The molecule has 0 saturated carbocycles. The number of aromatic nitrogens is 4. The van der Waals surface area contributed by atoms with Gasteiger partial charge in [0, 0.05) is 22.7 Å². The molecule has 2 atom stereocenters. The van der Waals surface area contributed by atoms with Crippen LogP contribution < -0.4 is 14.2 Å². The number of hydrogen-bond acceptors (Lipinski definition) is 5. The lowest BCUT2D eigenvalue weighted by molar-refractivity contribution is 0.0937. The summed E-state index contributed by atoms with van der Waals surface area (Å²) in [6.07, 6.45) is 0. The second-order valence-electron chi connectivity index (χ2n) is 10.1. The Labute approximate surface area is 213 Å². The summed E-state index contributed by atoms with van der Waals surface area (Å²) in [6.45, 7) is 13.9. The molecule has 9 nitrogen and oxygen atoms in total. The first-order valence-corrected chi connectivity index (χ1v) is 12.8. The average molecular weight is 509 g/mol. The second-order valence-corrected chi connectivity index (χ2v) is 11.0. The van der Waals surface area contributed by atoms with Crippen LogP contribution in [-0.4, -0.2) is 29.9 Å². The van der Waals surface area contributed by atoms with E-state index in [4.69, 9.17) is 4.18 Å². The van der Waals surface area contributed by atoms with Crippen LogP contribution in [0.15, 0.2) is 42.5 Å². The maximum absolute atomic E-state index is 13.2. The minimum atomic E-state index is -1.83. The molecule has 4 rings (SSSR count). The topological polar surface area (TPSA) is 113 Å². The molecule has 2 aromatic carbocycles. The Balaban J connectivity index is 1.47. The van der Waals surface area contributed by atoms with Crippen molar-refractivity contribution in [2.24, 2.45) is 0 Å². The molecule has 190 valence electrons. The molecule has 1 amide bonds. The number of H-pyrrole nitrogens is 1. The Morgan fingerprint density at radius 1 is 1.06 bits per heavy atom. The summed E-state index contributed by atoms with van der Waals surface area (Å²) in [5.74, 6) is 0.837. The Kier molecular flexibility index (Phi) is 6.90. The third kappa shape index (κ3) is 5.59. The zero-order valence-corrected chi connectivity index (χ0v) is 22.4. The van der Waals surface area contributed by atoms with Crippen molar-refractivity contribution in [3.63, 3.8) is 0 Å². The highest BCUT2D eigenvalue weighted by atomic mass is 32.2. The molecule has 0 aliphatic rings. The van der Waals surface area contributed by atoms with Crippen LogP contribution in [0, 0.1) is 20.8 Å². The molecule has 2 heterocycles. The number of nitrogens with one attached hydrogen (secondary N) is 3. The SMILES string of the molecule is Cc1cc(C)cc(OS(=O)Nc2ccc(C)c(C(=O)NC(C)c3nnc4cc(C(C)(C)C)[nH]n34)c2)c1. The molecule has 0 bridgehead atoms. The van der Waals surface area contributed by atoms with Crippen LogP contribution in [0.5, 0.6) is 5.75 Å². The molecule has 0 fully saturated rings. The monoisotopic (exact) mass is 508 g/mol. The molecular weight excluding hydrogens is 476 g/mol. The van der Waals surface area contributed by atoms with E-state index >= 15 is 0 Å². The summed E-state index contributed by atoms with van der Waals surface area (Å²) in [4.78, 5) is 13.2. The zero-order valence-electron chi connectivity index (χ0n) is 21.6. The molecular formula is C26H32N6O3S. The van der Waals surface area contributed by atoms with Crippen molar-refractivity contribution < 1.29 is 13.2 Å². The molecule has 2 aromatic heterocycles. The standard InChI is InChI=1S/C26H32N6O3S/c1-15-10-16(2)12-20(11-15)35-36(34)31-19-9-8-17(3)21(13-19)25(33)27-18(4)24-29-28-23-14-22(26(5,6)7)30-32(23)24/h8-14,18,30-31H,1-7H3,(H,27,33). The number of benzene rings is 2. The van der Waals surface area contributed by atoms with E-state index in [0.717, 1.165) is 22.4 Å². The molecule has 10 heteroatoms. The van der Waals surface area contributed by atoms with E-state index in [1.54, 1.807) is 22.7 Å². The number of carbonyl (C=O) groups is 1. The summed E-state index contributed by atoms with van der Waals surface area (Å²) >= 11 is -1.83. The molecule has 2 unspecified atom stereocenters. The normalized spacial score (nSPS) is 13.4. The van der Waals surface area contributed by atoms with Gasteiger partial charge in [0.1, 0.15) is 5.75 Å². The summed E-state index contributed by atoms with van der Waals surface area (Å²) in [5.41, 5.74) is 5.43. The van der Waals surface area contributed by atoms with Gasteiger partial charge in [-0.2, -0.15) is 4.21 Å². The highest BCUT2D eigenvalue weighted by molar-refractivity contribution is 7.81. The average Bonchev–Trinajstić information content (AvgIpc) is 3.35. The van der Waals surface area contributed by atoms with Crippen molar-refractivity contribution in [2.75, 3.05) is 4.72 Å². The van der Waals surface area contributed by atoms with E-state index in [-0.39, 0.29) is 11.3 Å². The second kappa shape index (κ2) is 9.77. The number of aryl methyl sites for hydroxylation is 3. The lowest BCUT2D eigenvalue weighted by atomic mass is 9.93. The minimum absolute atomic E-state index is 0.0724. The molecule has 0 aliphatic carbocycles. The Morgan fingerprint density at radius 2 is 1.75 bits per heavy atom. The van der Waals surface area contributed by atoms with E-state index in [1.165, 1.54) is 0 Å². The van der Waals surface area contributed by atoms with Crippen LogP contribution in [0.4, 0.5) is 5.69 Å². The quantitative estimate of drug-likeness (QED) is 0.331. The summed E-state index contributed by atoms with van der Waals surface area (Å²) in [5, 5.41) is 14.8. The van der Waals surface area contributed by atoms with Crippen LogP contribution in [0.1, 0.15) is 72.3 Å². The van der Waals surface area contributed by atoms with Gasteiger partial charge in [0.2, 0.25) is 0 Å². The van der Waals surface area contributed by atoms with Gasteiger partial charge in [-0.25, -0.2) is 4.52 Å². The lowest BCUT2D eigenvalue weighted by Crippen LogP contribution is -2.29. The van der Waals surface area contributed by atoms with Gasteiger partial charge < -0.3 is 9.50 Å². The van der Waals surface area contributed by atoms with Crippen LogP contribution in [0.3, 0.4) is 0 Å². The molecule has 4 aromatic rings. The van der Waals surface area contributed by atoms with Crippen LogP contribution in [0.2, 0.25) is 0 Å². The van der Waals surface area contributed by atoms with Crippen molar-refractivity contribution in [3.8, 4) is 5.75 Å². The fraction of sp³-hybridized carbons (Fsp3) is 0.346. The van der Waals surface area contributed by atoms with Crippen molar-refractivity contribution >= 4 is 28.5 Å². The number of fused-ring (bicyclic) bond motifs is 1. The van der Waals surface area contributed by atoms with E-state index in [1.807, 2.05) is 52.0 Å². The fourth-order valence-corrected chi connectivity index (χ4v) is 4.55. The van der Waals surface area contributed by atoms with E-state index < -0.39 is 17.3 Å². The third-order valence-electron chi connectivity index (χ3n) is 5.81. The van der Waals surface area contributed by atoms with Gasteiger partial charge in [-0.05, 0) is 68.7 Å². The summed E-state index contributed by atoms with van der Waals surface area (Å²) in [6, 6.07) is 12.4. The number of anilines is 1. The number of amides is 1. The Bertz CT molecular complexity index is 1430. The van der Waals surface area contributed by atoms with Crippen molar-refractivity contribution in [3.05, 3.63) is 76.2 Å². The predicted octanol–water partition coefficient (Wildman–Crippen LogP) is 4.84. The van der Waals surface area contributed by atoms with Crippen LogP contribution in [0.25, 0.3) is 5.65 Å². The lowest BCUT2D eigenvalue weighted by Gasteiger charge is -2.16. The van der Waals surface area contributed by atoms with Crippen molar-refractivity contribution in [1.29, 1.82) is 0 Å². The van der Waals surface area contributed by atoms with Gasteiger partial charge in [0.15, 0.2) is 11.5 Å². The molecule has 3 N–H and O–H groups in total. The summed E-state index contributed by atoms with van der Waals surface area (Å²) < 4.78 is 22.7. The minimum Gasteiger partial charge on any atom is -0.385 e. The van der Waals surface area contributed by atoms with E-state index in [0.29, 0.717) is 28.5 Å². The molecule has 0 radical (unpaired) electrons. The Hall–Kier alpha value is -3.66. The van der Waals surface area contributed by atoms with Gasteiger partial charge in [0.25, 0.3) is 5.91 Å². The highest BCUT2D eigenvalue weighted by Crippen LogP contribution is 2.24. The maximum Gasteiger partial charge on any atom is 0.316 e. The van der Waals surface area contributed by atoms with E-state index in [9.17, 15) is 9.00 Å². The molecule has 0 spiro atoms. The molecule has 36 heavy (non-hydrogen) atoms. The first-order chi connectivity index (χ1) is 16.9. The van der Waals surface area contributed by atoms with Gasteiger partial charge in [-0.15, -0.1) is 10.2 Å². The number of hydrogen-bond donors (Lipinski definition) is 3. The summed E-state index contributed by atoms with van der Waals surface area (Å²) in [7, 11) is 0. The van der Waals surface area contributed by atoms with Crippen LogP contribution >= 0.6 is 0 Å². The largest absolute Gasteiger partial charge is 0.385 e. The third-order valence-corrected chi connectivity index (χ3v) is 6.56.